The van der Waals surface area contributed by atoms with Gasteiger partial charge in [-0.25, -0.2) is 9.37 Å². The van der Waals surface area contributed by atoms with E-state index in [2.05, 4.69) is 4.98 Å². The lowest BCUT2D eigenvalue weighted by Gasteiger charge is -2.07. The Morgan fingerprint density at radius 2 is 1.83 bits per heavy atom. The fourth-order valence-corrected chi connectivity index (χ4v) is 4.37. The first-order valence-corrected chi connectivity index (χ1v) is 10.3. The lowest BCUT2D eigenvalue weighted by Crippen LogP contribution is -2.24. The van der Waals surface area contributed by atoms with Gasteiger partial charge in [0, 0.05) is 16.0 Å². The Labute approximate surface area is 176 Å². The minimum atomic E-state index is -0.416. The monoisotopic (exact) mass is 422 g/mol. The van der Waals surface area contributed by atoms with Crippen LogP contribution in [0.15, 0.2) is 59.7 Å². The zero-order chi connectivity index (χ0) is 21.3. The Morgan fingerprint density at radius 1 is 1.13 bits per heavy atom. The van der Waals surface area contributed by atoms with Gasteiger partial charge in [-0.05, 0) is 55.8 Å². The summed E-state index contributed by atoms with van der Waals surface area (Å²) in [6.45, 7) is 4.29. The molecule has 0 bridgehead atoms. The lowest BCUT2D eigenvalue weighted by molar-refractivity contribution is 0.0970. The number of ether oxygens (including phenoxy) is 1. The molecule has 0 radical (unpaired) electrons. The average Bonchev–Trinajstić information content (AvgIpc) is 3.08. The molecule has 0 N–H and O–H groups in total. The van der Waals surface area contributed by atoms with E-state index < -0.39 is 5.82 Å². The van der Waals surface area contributed by atoms with Crippen molar-refractivity contribution >= 4 is 27.3 Å². The molecule has 4 rings (SSSR count). The van der Waals surface area contributed by atoms with Crippen molar-refractivity contribution in [2.24, 2.45) is 0 Å². The van der Waals surface area contributed by atoms with E-state index in [4.69, 9.17) is 4.74 Å². The Kier molecular flexibility index (Phi) is 5.46. The summed E-state index contributed by atoms with van der Waals surface area (Å²) in [5.41, 5.74) is 1.78. The molecule has 0 aliphatic heterocycles. The number of nitrogens with zero attached hydrogens (tertiary/aromatic N) is 2. The predicted octanol–water partition coefficient (Wildman–Crippen LogP) is 4.85. The summed E-state index contributed by atoms with van der Waals surface area (Å²) in [5.74, 6) is 0.0623. The first-order chi connectivity index (χ1) is 14.5. The number of Topliss-reactive ketones (excluding diaryl/α,β-unsaturated/α-hetero) is 1. The summed E-state index contributed by atoms with van der Waals surface area (Å²) in [6.07, 6.45) is 1.39. The van der Waals surface area contributed by atoms with Crippen LogP contribution in [0.4, 0.5) is 4.39 Å². The molecule has 2 heterocycles. The van der Waals surface area contributed by atoms with Crippen LogP contribution in [0.25, 0.3) is 21.3 Å². The Hall–Kier alpha value is -3.32. The van der Waals surface area contributed by atoms with Gasteiger partial charge in [-0.15, -0.1) is 11.3 Å². The molecule has 30 heavy (non-hydrogen) atoms. The highest BCUT2D eigenvalue weighted by Crippen LogP contribution is 2.36. The molecular weight excluding hydrogens is 403 g/mol. The summed E-state index contributed by atoms with van der Waals surface area (Å²) in [6, 6.07) is 12.8. The summed E-state index contributed by atoms with van der Waals surface area (Å²) < 4.78 is 19.9. The number of hydrogen-bond acceptors (Lipinski definition) is 5. The standard InChI is InChI=1S/C23H19FN2O3S/c1-3-29-18-10-6-16(7-11-18)20-14(2)30-22-21(20)23(28)26(13-25-22)12-19(27)15-4-8-17(24)9-5-15/h4-11,13H,3,12H2,1-2H3. The quantitative estimate of drug-likeness (QED) is 0.417. The van der Waals surface area contributed by atoms with Crippen molar-refractivity contribution < 1.29 is 13.9 Å². The number of benzene rings is 2. The second-order valence-electron chi connectivity index (χ2n) is 6.78. The normalized spacial score (nSPS) is 11.0. The third kappa shape index (κ3) is 3.76. The van der Waals surface area contributed by atoms with Gasteiger partial charge < -0.3 is 4.74 Å². The maximum absolute atomic E-state index is 13.2. The summed E-state index contributed by atoms with van der Waals surface area (Å²) in [5, 5.41) is 0.496. The van der Waals surface area contributed by atoms with Crippen LogP contribution in [0.3, 0.4) is 0 Å². The molecule has 0 unspecified atom stereocenters. The number of thiophene rings is 1. The van der Waals surface area contributed by atoms with Gasteiger partial charge in [-0.1, -0.05) is 12.1 Å². The molecule has 0 aliphatic rings. The van der Waals surface area contributed by atoms with Crippen LogP contribution in [0.1, 0.15) is 22.2 Å². The van der Waals surface area contributed by atoms with Gasteiger partial charge >= 0.3 is 0 Å². The van der Waals surface area contributed by atoms with E-state index in [0.29, 0.717) is 22.4 Å². The van der Waals surface area contributed by atoms with Crippen molar-refractivity contribution in [3.05, 3.63) is 81.5 Å². The fraction of sp³-hybridized carbons (Fsp3) is 0.174. The van der Waals surface area contributed by atoms with Gasteiger partial charge in [0.05, 0.1) is 24.9 Å². The predicted molar refractivity (Wildman–Crippen MR) is 116 cm³/mol. The highest BCUT2D eigenvalue weighted by molar-refractivity contribution is 7.19. The molecule has 0 atom stereocenters. The average molecular weight is 422 g/mol. The van der Waals surface area contributed by atoms with E-state index in [1.165, 1.54) is 46.5 Å². The Balaban J connectivity index is 1.74. The van der Waals surface area contributed by atoms with Gasteiger partial charge in [0.15, 0.2) is 5.78 Å². The minimum Gasteiger partial charge on any atom is -0.494 e. The van der Waals surface area contributed by atoms with Crippen molar-refractivity contribution in [1.82, 2.24) is 9.55 Å². The number of aromatic nitrogens is 2. The van der Waals surface area contributed by atoms with Crippen LogP contribution in [0, 0.1) is 12.7 Å². The van der Waals surface area contributed by atoms with E-state index in [-0.39, 0.29) is 17.9 Å². The molecule has 0 aliphatic carbocycles. The van der Waals surface area contributed by atoms with Gasteiger partial charge in [0.1, 0.15) is 16.4 Å². The second kappa shape index (κ2) is 8.20. The number of fused-ring (bicyclic) bond motifs is 1. The number of carbonyl (C=O) groups excluding carboxylic acids is 1. The molecule has 2 aromatic heterocycles. The summed E-state index contributed by atoms with van der Waals surface area (Å²) >= 11 is 1.45. The van der Waals surface area contributed by atoms with Crippen LogP contribution < -0.4 is 10.3 Å². The van der Waals surface area contributed by atoms with Crippen molar-refractivity contribution in [2.45, 2.75) is 20.4 Å². The van der Waals surface area contributed by atoms with E-state index in [9.17, 15) is 14.0 Å². The molecule has 4 aromatic rings. The van der Waals surface area contributed by atoms with E-state index >= 15 is 0 Å². The van der Waals surface area contributed by atoms with Crippen LogP contribution in [0.5, 0.6) is 5.75 Å². The summed E-state index contributed by atoms with van der Waals surface area (Å²) in [7, 11) is 0. The first kappa shape index (κ1) is 20.0. The molecule has 0 saturated carbocycles. The molecule has 2 aromatic carbocycles. The van der Waals surface area contributed by atoms with Crippen LogP contribution in [-0.4, -0.2) is 21.9 Å². The minimum absolute atomic E-state index is 0.162. The van der Waals surface area contributed by atoms with Crippen molar-refractivity contribution in [2.75, 3.05) is 6.61 Å². The van der Waals surface area contributed by atoms with Crippen molar-refractivity contribution in [1.29, 1.82) is 0 Å². The fourth-order valence-electron chi connectivity index (χ4n) is 3.36. The Bertz CT molecular complexity index is 1280. The highest BCUT2D eigenvalue weighted by atomic mass is 32.1. The van der Waals surface area contributed by atoms with Gasteiger partial charge in [-0.3, -0.25) is 14.2 Å². The third-order valence-corrected chi connectivity index (χ3v) is 5.80. The highest BCUT2D eigenvalue weighted by Gasteiger charge is 2.18. The molecule has 0 amide bonds. The van der Waals surface area contributed by atoms with Crippen LogP contribution in [0.2, 0.25) is 0 Å². The third-order valence-electron chi connectivity index (χ3n) is 4.79. The SMILES string of the molecule is CCOc1ccc(-c2c(C)sc3ncn(CC(=O)c4ccc(F)cc4)c(=O)c23)cc1. The number of halogens is 1. The van der Waals surface area contributed by atoms with Gasteiger partial charge in [0.2, 0.25) is 0 Å². The second-order valence-corrected chi connectivity index (χ2v) is 7.98. The molecule has 152 valence electrons. The number of rotatable bonds is 6. The topological polar surface area (TPSA) is 61.2 Å². The zero-order valence-electron chi connectivity index (χ0n) is 16.5. The van der Waals surface area contributed by atoms with Crippen LogP contribution >= 0.6 is 11.3 Å². The number of hydrogen-bond donors (Lipinski definition) is 0. The molecule has 0 spiro atoms. The van der Waals surface area contributed by atoms with Crippen molar-refractivity contribution in [3.63, 3.8) is 0 Å². The van der Waals surface area contributed by atoms with E-state index in [1.54, 1.807) is 0 Å². The molecule has 0 saturated heterocycles. The number of aryl methyl sites for hydroxylation is 1. The smallest absolute Gasteiger partial charge is 0.263 e. The maximum Gasteiger partial charge on any atom is 0.263 e. The maximum atomic E-state index is 13.2. The van der Waals surface area contributed by atoms with E-state index in [0.717, 1.165) is 21.8 Å². The first-order valence-electron chi connectivity index (χ1n) is 9.48. The van der Waals surface area contributed by atoms with Gasteiger partial charge in [-0.2, -0.15) is 0 Å². The Morgan fingerprint density at radius 3 is 2.50 bits per heavy atom. The van der Waals surface area contributed by atoms with E-state index in [1.807, 2.05) is 38.1 Å². The summed E-state index contributed by atoms with van der Waals surface area (Å²) in [4.78, 5) is 31.8. The molecular formula is C23H19FN2O3S. The lowest BCUT2D eigenvalue weighted by atomic mass is 10.0. The molecule has 5 nitrogen and oxygen atoms in total. The zero-order valence-corrected chi connectivity index (χ0v) is 17.3. The number of ketones is 1. The molecule has 0 fully saturated rings. The van der Waals surface area contributed by atoms with Crippen LogP contribution in [-0.2, 0) is 6.54 Å². The van der Waals surface area contributed by atoms with Crippen molar-refractivity contribution in [3.8, 4) is 16.9 Å². The van der Waals surface area contributed by atoms with Gasteiger partial charge in [0.25, 0.3) is 5.56 Å². The largest absolute Gasteiger partial charge is 0.494 e. The molecule has 7 heteroatoms. The number of carbonyl (C=O) groups is 1.